The Labute approximate surface area is 161 Å². The molecule has 0 spiro atoms. The van der Waals surface area contributed by atoms with Crippen molar-refractivity contribution in [3.8, 4) is 11.8 Å². The molecule has 2 unspecified atom stereocenters. The molecule has 0 radical (unpaired) electrons. The first-order valence-electron chi connectivity index (χ1n) is 9.05. The third kappa shape index (κ3) is 2.55. The number of Topliss-reactive ketones (excluding diaryl/α,β-unsaturated/α-hetero) is 1. The number of benzene rings is 2. The lowest BCUT2D eigenvalue weighted by Crippen LogP contribution is -2.40. The number of rotatable bonds is 3. The Balaban J connectivity index is 1.98. The Hall–Kier alpha value is -3.33. The second-order valence-electron chi connectivity index (χ2n) is 7.06. The minimum Gasteiger partial charge on any atom is -0.493 e. The van der Waals surface area contributed by atoms with Crippen LogP contribution in [0.2, 0.25) is 0 Å². The van der Waals surface area contributed by atoms with Crippen LogP contribution < -0.4 is 4.74 Å². The molecule has 0 saturated heterocycles. The summed E-state index contributed by atoms with van der Waals surface area (Å²) in [5.74, 6) is -1.14. The Morgan fingerprint density at radius 2 is 2.04 bits per heavy atom. The highest BCUT2D eigenvalue weighted by atomic mass is 16.5. The fourth-order valence-electron chi connectivity index (χ4n) is 4.20. The topological polar surface area (TPSA) is 89.5 Å². The number of hydrogen-bond donors (Lipinski definition) is 0. The third-order valence-electron chi connectivity index (χ3n) is 5.66. The summed E-state index contributed by atoms with van der Waals surface area (Å²) in [7, 11) is 2.82. The van der Waals surface area contributed by atoms with Crippen LogP contribution in [0.5, 0.6) is 5.75 Å². The molecule has 0 N–H and O–H groups in total. The number of carbonyl (C=O) groups is 2. The van der Waals surface area contributed by atoms with Crippen molar-refractivity contribution in [1.29, 1.82) is 5.26 Å². The number of methoxy groups -OCH3 is 2. The number of furan rings is 1. The zero-order valence-electron chi connectivity index (χ0n) is 15.7. The molecule has 1 aliphatic rings. The fraction of sp³-hybridized carbons (Fsp3) is 0.318. The van der Waals surface area contributed by atoms with Gasteiger partial charge in [-0.15, -0.1) is 0 Å². The van der Waals surface area contributed by atoms with E-state index in [1.807, 2.05) is 30.3 Å². The number of nitriles is 1. The Kier molecular flexibility index (Phi) is 4.31. The molecule has 4 rings (SSSR count). The van der Waals surface area contributed by atoms with E-state index in [9.17, 15) is 14.9 Å². The lowest BCUT2D eigenvalue weighted by Gasteiger charge is -2.34. The van der Waals surface area contributed by atoms with Crippen molar-refractivity contribution in [3.05, 3.63) is 42.0 Å². The van der Waals surface area contributed by atoms with Gasteiger partial charge in [-0.2, -0.15) is 5.26 Å². The van der Waals surface area contributed by atoms with E-state index in [0.29, 0.717) is 23.3 Å². The fourth-order valence-corrected chi connectivity index (χ4v) is 4.20. The molecule has 0 amide bonds. The zero-order chi connectivity index (χ0) is 19.9. The normalized spacial score (nSPS) is 22.2. The Bertz CT molecular complexity index is 1130. The van der Waals surface area contributed by atoms with Gasteiger partial charge in [0.05, 0.1) is 25.7 Å². The van der Waals surface area contributed by atoms with Crippen molar-refractivity contribution < 1.29 is 23.5 Å². The first-order valence-corrected chi connectivity index (χ1v) is 9.05. The van der Waals surface area contributed by atoms with Crippen LogP contribution in [0.25, 0.3) is 21.9 Å². The molecule has 2 aromatic carbocycles. The molecule has 1 fully saturated rings. The highest BCUT2D eigenvalue weighted by Crippen LogP contribution is 2.47. The molecular formula is C22H19NO5. The number of fused-ring (bicyclic) bond motifs is 3. The van der Waals surface area contributed by atoms with Crippen molar-refractivity contribution in [3.63, 3.8) is 0 Å². The van der Waals surface area contributed by atoms with Crippen molar-refractivity contribution >= 4 is 33.7 Å². The second kappa shape index (κ2) is 6.68. The van der Waals surface area contributed by atoms with E-state index in [0.717, 1.165) is 16.3 Å². The molecule has 1 aromatic heterocycles. The number of esters is 1. The number of hydrogen-bond acceptors (Lipinski definition) is 6. The molecule has 6 nitrogen and oxygen atoms in total. The maximum Gasteiger partial charge on any atom is 0.316 e. The summed E-state index contributed by atoms with van der Waals surface area (Å²) in [6.45, 7) is 0. The molecule has 28 heavy (non-hydrogen) atoms. The summed E-state index contributed by atoms with van der Waals surface area (Å²) in [6.07, 6.45) is 0.587. The van der Waals surface area contributed by atoms with Gasteiger partial charge in [-0.05, 0) is 30.5 Å². The summed E-state index contributed by atoms with van der Waals surface area (Å²) in [5.41, 5.74) is 0.997. The van der Waals surface area contributed by atoms with Crippen LogP contribution in [0.15, 0.2) is 40.8 Å². The molecule has 6 heteroatoms. The number of para-hydroxylation sites is 1. The predicted octanol–water partition coefficient (Wildman–Crippen LogP) is 3.90. The molecule has 1 heterocycles. The standard InChI is InChI=1S/C22H19NO5/c1-26-18-8-7-15(19-13-5-3-4-6-17(13)28-20(18)19)22(12-23)10-9-16(24)14(11-22)21(25)27-2/h3-8,14H,9-11H2,1-2H3. The smallest absolute Gasteiger partial charge is 0.316 e. The SMILES string of the molecule is COC(=O)C1CC(C#N)(c2ccc(OC)c3oc4ccccc4c23)CCC1=O. The molecule has 3 aromatic rings. The monoisotopic (exact) mass is 377 g/mol. The van der Waals surface area contributed by atoms with Crippen LogP contribution in [-0.4, -0.2) is 26.0 Å². The van der Waals surface area contributed by atoms with Gasteiger partial charge in [0.25, 0.3) is 0 Å². The summed E-state index contributed by atoms with van der Waals surface area (Å²) >= 11 is 0. The van der Waals surface area contributed by atoms with E-state index >= 15 is 0 Å². The van der Waals surface area contributed by atoms with Gasteiger partial charge >= 0.3 is 5.97 Å². The quantitative estimate of drug-likeness (QED) is 0.508. The van der Waals surface area contributed by atoms with E-state index in [2.05, 4.69) is 6.07 Å². The van der Waals surface area contributed by atoms with Crippen molar-refractivity contribution in [2.24, 2.45) is 5.92 Å². The van der Waals surface area contributed by atoms with Crippen molar-refractivity contribution in [2.45, 2.75) is 24.7 Å². The highest BCUT2D eigenvalue weighted by molar-refractivity contribution is 6.09. The predicted molar refractivity (Wildman–Crippen MR) is 102 cm³/mol. The summed E-state index contributed by atoms with van der Waals surface area (Å²) in [6, 6.07) is 13.6. The van der Waals surface area contributed by atoms with Gasteiger partial charge in [0.1, 0.15) is 17.3 Å². The molecular weight excluding hydrogens is 358 g/mol. The van der Waals surface area contributed by atoms with E-state index in [1.165, 1.54) is 7.11 Å². The average Bonchev–Trinajstić information content (AvgIpc) is 3.13. The summed E-state index contributed by atoms with van der Waals surface area (Å²) in [5, 5.41) is 11.8. The van der Waals surface area contributed by atoms with Crippen LogP contribution in [0.1, 0.15) is 24.8 Å². The van der Waals surface area contributed by atoms with Crippen LogP contribution in [0.4, 0.5) is 0 Å². The molecule has 2 atom stereocenters. The van der Waals surface area contributed by atoms with E-state index in [-0.39, 0.29) is 18.6 Å². The van der Waals surface area contributed by atoms with Gasteiger partial charge in [-0.25, -0.2) is 0 Å². The second-order valence-corrected chi connectivity index (χ2v) is 7.06. The lowest BCUT2D eigenvalue weighted by atomic mass is 9.65. The molecule has 142 valence electrons. The molecule has 0 bridgehead atoms. The van der Waals surface area contributed by atoms with Crippen LogP contribution >= 0.6 is 0 Å². The number of ketones is 1. The van der Waals surface area contributed by atoms with Gasteiger partial charge in [0, 0.05) is 17.2 Å². The Morgan fingerprint density at radius 1 is 1.25 bits per heavy atom. The number of carbonyl (C=O) groups excluding carboxylic acids is 2. The summed E-state index contributed by atoms with van der Waals surface area (Å²) < 4.78 is 16.3. The maximum absolute atomic E-state index is 12.3. The molecule has 0 aliphatic heterocycles. The largest absolute Gasteiger partial charge is 0.493 e. The average molecular weight is 377 g/mol. The van der Waals surface area contributed by atoms with Gasteiger partial charge in [0.15, 0.2) is 11.3 Å². The van der Waals surface area contributed by atoms with E-state index in [1.54, 1.807) is 13.2 Å². The van der Waals surface area contributed by atoms with Gasteiger partial charge in [-0.1, -0.05) is 24.3 Å². The minimum atomic E-state index is -0.996. The van der Waals surface area contributed by atoms with Crippen LogP contribution in [0, 0.1) is 17.2 Å². The minimum absolute atomic E-state index is 0.0932. The van der Waals surface area contributed by atoms with Gasteiger partial charge in [-0.3, -0.25) is 9.59 Å². The first-order chi connectivity index (χ1) is 13.5. The van der Waals surface area contributed by atoms with Gasteiger partial charge in [0.2, 0.25) is 0 Å². The maximum atomic E-state index is 12.3. The lowest BCUT2D eigenvalue weighted by molar-refractivity contribution is -0.151. The third-order valence-corrected chi connectivity index (χ3v) is 5.66. The number of ether oxygens (including phenoxy) is 2. The number of nitrogens with zero attached hydrogens (tertiary/aromatic N) is 1. The Morgan fingerprint density at radius 3 is 2.75 bits per heavy atom. The van der Waals surface area contributed by atoms with E-state index in [4.69, 9.17) is 13.9 Å². The highest BCUT2D eigenvalue weighted by Gasteiger charge is 2.46. The molecule has 1 aliphatic carbocycles. The van der Waals surface area contributed by atoms with Crippen LogP contribution in [-0.2, 0) is 19.7 Å². The van der Waals surface area contributed by atoms with Crippen molar-refractivity contribution in [1.82, 2.24) is 0 Å². The molecule has 1 saturated carbocycles. The van der Waals surface area contributed by atoms with Gasteiger partial charge < -0.3 is 13.9 Å². The van der Waals surface area contributed by atoms with Crippen molar-refractivity contribution in [2.75, 3.05) is 14.2 Å². The zero-order valence-corrected chi connectivity index (χ0v) is 15.7. The summed E-state index contributed by atoms with van der Waals surface area (Å²) in [4.78, 5) is 24.5. The first kappa shape index (κ1) is 18.1. The van der Waals surface area contributed by atoms with Crippen LogP contribution in [0.3, 0.4) is 0 Å². The van der Waals surface area contributed by atoms with E-state index < -0.39 is 17.3 Å².